The fraction of sp³-hybridized carbons (Fsp3) is 0.556. The van der Waals surface area contributed by atoms with Crippen molar-refractivity contribution in [2.45, 2.75) is 19.3 Å². The lowest BCUT2D eigenvalue weighted by Gasteiger charge is -2.39. The summed E-state index contributed by atoms with van der Waals surface area (Å²) in [5, 5.41) is 20.4. The summed E-state index contributed by atoms with van der Waals surface area (Å²) >= 11 is 0. The molecule has 1 N–H and O–H groups in total. The summed E-state index contributed by atoms with van der Waals surface area (Å²) in [6.45, 7) is 4.39. The number of ether oxygens (including phenoxy) is 1. The van der Waals surface area contributed by atoms with E-state index >= 15 is 0 Å². The van der Waals surface area contributed by atoms with Gasteiger partial charge >= 0.3 is 0 Å². The van der Waals surface area contributed by atoms with E-state index in [-0.39, 0.29) is 17.2 Å². The number of nitrogens with zero attached hydrogens (tertiary/aromatic N) is 3. The molecule has 1 aliphatic heterocycles. The summed E-state index contributed by atoms with van der Waals surface area (Å²) in [6, 6.07) is 5.02. The van der Waals surface area contributed by atoms with Crippen molar-refractivity contribution in [3.63, 3.8) is 0 Å². The van der Waals surface area contributed by atoms with Crippen LogP contribution < -0.4 is 4.74 Å². The number of methoxy groups -OCH3 is 1. The number of nitro groups is 1. The minimum Gasteiger partial charge on any atom is -0.496 e. The van der Waals surface area contributed by atoms with Crippen LogP contribution in [0, 0.1) is 10.1 Å². The van der Waals surface area contributed by atoms with Crippen LogP contribution in [0.15, 0.2) is 23.8 Å². The van der Waals surface area contributed by atoms with Gasteiger partial charge in [-0.1, -0.05) is 0 Å². The second-order valence-electron chi connectivity index (χ2n) is 6.53. The van der Waals surface area contributed by atoms with Crippen LogP contribution >= 0.6 is 0 Å². The molecule has 1 saturated carbocycles. The molecule has 0 spiro atoms. The van der Waals surface area contributed by atoms with Gasteiger partial charge in [-0.3, -0.25) is 15.0 Å². The summed E-state index contributed by atoms with van der Waals surface area (Å²) in [6.07, 6.45) is 3.28. The van der Waals surface area contributed by atoms with Gasteiger partial charge in [-0.25, -0.2) is 0 Å². The molecule has 1 aliphatic carbocycles. The van der Waals surface area contributed by atoms with Gasteiger partial charge < -0.3 is 14.7 Å². The van der Waals surface area contributed by atoms with Gasteiger partial charge in [-0.15, -0.1) is 0 Å². The van der Waals surface area contributed by atoms with Gasteiger partial charge in [0.1, 0.15) is 5.75 Å². The number of benzene rings is 1. The van der Waals surface area contributed by atoms with Crippen molar-refractivity contribution >= 4 is 11.4 Å². The number of hydrogen-bond donors (Lipinski definition) is 1. The summed E-state index contributed by atoms with van der Waals surface area (Å²) in [7, 11) is 1.53. The largest absolute Gasteiger partial charge is 0.496 e. The van der Waals surface area contributed by atoms with Crippen molar-refractivity contribution < 1.29 is 14.8 Å². The second-order valence-corrected chi connectivity index (χ2v) is 6.53. The molecular weight excluding hydrogens is 322 g/mol. The van der Waals surface area contributed by atoms with Crippen LogP contribution in [0.1, 0.15) is 24.8 Å². The van der Waals surface area contributed by atoms with E-state index in [1.165, 1.54) is 25.2 Å². The lowest BCUT2D eigenvalue weighted by molar-refractivity contribution is -0.385. The maximum Gasteiger partial charge on any atom is 0.273 e. The summed E-state index contributed by atoms with van der Waals surface area (Å²) < 4.78 is 5.28. The van der Waals surface area contributed by atoms with Gasteiger partial charge in [0.2, 0.25) is 0 Å². The highest BCUT2D eigenvalue weighted by Crippen LogP contribution is 2.38. The third kappa shape index (κ3) is 3.93. The van der Waals surface area contributed by atoms with Gasteiger partial charge in [0.05, 0.1) is 24.7 Å². The molecule has 0 unspecified atom stereocenters. The maximum atomic E-state index is 11.3. The SMILES string of the molecule is COc1cc(C(=C2CCC2)N2CCN(CCO)CC2)cc([N+](=O)[O-])c1. The Hall–Kier alpha value is -2.12. The first-order valence-corrected chi connectivity index (χ1v) is 8.76. The van der Waals surface area contributed by atoms with E-state index in [0.717, 1.165) is 50.3 Å². The number of non-ortho nitro benzene ring substituents is 1. The monoisotopic (exact) mass is 347 g/mol. The highest BCUT2D eigenvalue weighted by molar-refractivity contribution is 5.71. The van der Waals surface area contributed by atoms with Crippen LogP contribution in [0.5, 0.6) is 5.75 Å². The maximum absolute atomic E-state index is 11.3. The molecule has 2 aliphatic rings. The van der Waals surface area contributed by atoms with Crippen molar-refractivity contribution in [1.29, 1.82) is 0 Å². The number of nitro benzene ring substituents is 1. The Bertz CT molecular complexity index is 660. The Balaban J connectivity index is 1.91. The fourth-order valence-electron chi connectivity index (χ4n) is 3.48. The van der Waals surface area contributed by atoms with E-state index in [1.54, 1.807) is 6.07 Å². The minimum absolute atomic E-state index is 0.0608. The molecule has 3 rings (SSSR count). The lowest BCUT2D eigenvalue weighted by Crippen LogP contribution is -2.46. The molecule has 136 valence electrons. The number of allylic oxidation sites excluding steroid dienone is 1. The molecule has 0 amide bonds. The highest BCUT2D eigenvalue weighted by atomic mass is 16.6. The Labute approximate surface area is 147 Å². The van der Waals surface area contributed by atoms with Crippen LogP contribution in [0.3, 0.4) is 0 Å². The van der Waals surface area contributed by atoms with E-state index < -0.39 is 0 Å². The first-order valence-electron chi connectivity index (χ1n) is 8.76. The molecule has 1 aromatic rings. The zero-order valence-electron chi connectivity index (χ0n) is 14.6. The molecular formula is C18H25N3O4. The third-order valence-corrected chi connectivity index (χ3v) is 5.01. The van der Waals surface area contributed by atoms with Gasteiger partial charge in [0.15, 0.2) is 0 Å². The van der Waals surface area contributed by atoms with Crippen molar-refractivity contribution in [3.05, 3.63) is 39.4 Å². The van der Waals surface area contributed by atoms with Crippen molar-refractivity contribution in [1.82, 2.24) is 9.80 Å². The molecule has 0 atom stereocenters. The average Bonchev–Trinajstić information content (AvgIpc) is 2.58. The molecule has 1 heterocycles. The van der Waals surface area contributed by atoms with Crippen molar-refractivity contribution in [2.75, 3.05) is 46.4 Å². The molecule has 1 aromatic carbocycles. The second kappa shape index (κ2) is 7.84. The zero-order chi connectivity index (χ0) is 17.8. The molecule has 1 saturated heterocycles. The molecule has 25 heavy (non-hydrogen) atoms. The van der Waals surface area contributed by atoms with E-state index in [1.807, 2.05) is 6.07 Å². The lowest BCUT2D eigenvalue weighted by atomic mass is 9.87. The van der Waals surface area contributed by atoms with Crippen LogP contribution in [-0.4, -0.2) is 66.3 Å². The number of hydrogen-bond acceptors (Lipinski definition) is 6. The minimum atomic E-state index is -0.367. The summed E-state index contributed by atoms with van der Waals surface area (Å²) in [5.74, 6) is 0.514. The third-order valence-electron chi connectivity index (χ3n) is 5.01. The van der Waals surface area contributed by atoms with Crippen molar-refractivity contribution in [2.24, 2.45) is 0 Å². The smallest absolute Gasteiger partial charge is 0.273 e. The fourth-order valence-corrected chi connectivity index (χ4v) is 3.48. The van der Waals surface area contributed by atoms with Crippen LogP contribution in [-0.2, 0) is 0 Å². The normalized spacial score (nSPS) is 18.0. The summed E-state index contributed by atoms with van der Waals surface area (Å²) in [5.41, 5.74) is 3.44. The summed E-state index contributed by atoms with van der Waals surface area (Å²) in [4.78, 5) is 15.5. The Kier molecular flexibility index (Phi) is 5.55. The van der Waals surface area contributed by atoms with E-state index in [0.29, 0.717) is 12.3 Å². The van der Waals surface area contributed by atoms with Crippen LogP contribution in [0.4, 0.5) is 5.69 Å². The molecule has 0 radical (unpaired) electrons. The number of piperazine rings is 1. The van der Waals surface area contributed by atoms with E-state index in [4.69, 9.17) is 9.84 Å². The Morgan fingerprint density at radius 3 is 2.48 bits per heavy atom. The zero-order valence-corrected chi connectivity index (χ0v) is 14.6. The first-order chi connectivity index (χ1) is 12.1. The number of aliphatic hydroxyl groups excluding tert-OH is 1. The molecule has 7 nitrogen and oxygen atoms in total. The van der Waals surface area contributed by atoms with Gasteiger partial charge in [-0.05, 0) is 30.9 Å². The first kappa shape index (κ1) is 17.7. The predicted octanol–water partition coefficient (Wildman–Crippen LogP) is 2.11. The Morgan fingerprint density at radius 2 is 1.96 bits per heavy atom. The topological polar surface area (TPSA) is 79.1 Å². The quantitative estimate of drug-likeness (QED) is 0.627. The van der Waals surface area contributed by atoms with E-state index in [2.05, 4.69) is 9.80 Å². The van der Waals surface area contributed by atoms with Crippen LogP contribution in [0.2, 0.25) is 0 Å². The standard InChI is InChI=1S/C18H25N3O4/c1-25-17-12-15(11-16(13-17)21(23)24)18(14-3-2-4-14)20-7-5-19(6-8-20)9-10-22/h11-13,22H,2-10H2,1H3. The molecule has 2 fully saturated rings. The number of rotatable bonds is 6. The Morgan fingerprint density at radius 1 is 1.24 bits per heavy atom. The number of aliphatic hydroxyl groups is 1. The van der Waals surface area contributed by atoms with Crippen LogP contribution in [0.25, 0.3) is 5.70 Å². The van der Waals surface area contributed by atoms with Gasteiger partial charge in [0.25, 0.3) is 5.69 Å². The van der Waals surface area contributed by atoms with Gasteiger partial charge in [-0.2, -0.15) is 0 Å². The van der Waals surface area contributed by atoms with Gasteiger partial charge in [0, 0.05) is 50.1 Å². The van der Waals surface area contributed by atoms with Crippen molar-refractivity contribution in [3.8, 4) is 5.75 Å². The predicted molar refractivity (Wildman–Crippen MR) is 95.5 cm³/mol. The molecule has 0 aromatic heterocycles. The molecule has 7 heteroatoms. The molecule has 0 bridgehead atoms. The average molecular weight is 347 g/mol. The number of β-amino-alcohol motifs (C(OH)–C–C–N with tert-alkyl or cyclic N) is 1. The van der Waals surface area contributed by atoms with E-state index in [9.17, 15) is 10.1 Å². The highest BCUT2D eigenvalue weighted by Gasteiger charge is 2.26.